The molecule has 1 heterocycles. The number of aryl methyl sites for hydroxylation is 1. The molecular weight excluding hydrogens is 469 g/mol. The fourth-order valence-electron chi connectivity index (χ4n) is 4.18. The SMILES string of the molecule is CN(CCCCOc1ccccc1-c1ccc(-c2nn(C)c3ccccc23)c(F)c1)C(=O)OC(C)(C)C. The molecule has 0 atom stereocenters. The van der Waals surface area contributed by atoms with E-state index < -0.39 is 5.60 Å². The molecule has 7 heteroatoms. The molecule has 6 nitrogen and oxygen atoms in total. The van der Waals surface area contributed by atoms with Gasteiger partial charge in [-0.2, -0.15) is 5.10 Å². The molecule has 194 valence electrons. The highest BCUT2D eigenvalue weighted by molar-refractivity contribution is 5.93. The summed E-state index contributed by atoms with van der Waals surface area (Å²) in [5, 5.41) is 5.47. The Balaban J connectivity index is 1.41. The third kappa shape index (κ3) is 6.28. The number of hydrogen-bond donors (Lipinski definition) is 0. The van der Waals surface area contributed by atoms with E-state index in [4.69, 9.17) is 9.47 Å². The van der Waals surface area contributed by atoms with Gasteiger partial charge in [-0.25, -0.2) is 9.18 Å². The summed E-state index contributed by atoms with van der Waals surface area (Å²) in [6.45, 7) is 6.62. The van der Waals surface area contributed by atoms with Gasteiger partial charge in [-0.15, -0.1) is 0 Å². The van der Waals surface area contributed by atoms with Crippen LogP contribution < -0.4 is 4.74 Å². The average molecular weight is 504 g/mol. The maximum Gasteiger partial charge on any atom is 0.410 e. The van der Waals surface area contributed by atoms with Crippen LogP contribution in [0.5, 0.6) is 5.75 Å². The Kier molecular flexibility index (Phi) is 7.81. The number of nitrogens with zero attached hydrogens (tertiary/aromatic N) is 3. The van der Waals surface area contributed by atoms with Gasteiger partial charge >= 0.3 is 6.09 Å². The molecule has 4 rings (SSSR count). The molecule has 0 aliphatic rings. The van der Waals surface area contributed by atoms with Gasteiger partial charge in [-0.05, 0) is 63.4 Å². The highest BCUT2D eigenvalue weighted by Gasteiger charge is 2.19. The molecule has 1 aromatic heterocycles. The Hall–Kier alpha value is -3.87. The van der Waals surface area contributed by atoms with Crippen LogP contribution in [0.3, 0.4) is 0 Å². The number of carbonyl (C=O) groups is 1. The second-order valence-electron chi connectivity index (χ2n) is 10.1. The largest absolute Gasteiger partial charge is 0.493 e. The zero-order valence-electron chi connectivity index (χ0n) is 22.1. The Bertz CT molecular complexity index is 1390. The average Bonchev–Trinajstić information content (AvgIpc) is 3.19. The molecule has 3 aromatic carbocycles. The summed E-state index contributed by atoms with van der Waals surface area (Å²) in [6.07, 6.45) is 1.21. The fourth-order valence-corrected chi connectivity index (χ4v) is 4.18. The minimum atomic E-state index is -0.513. The number of rotatable bonds is 8. The molecule has 37 heavy (non-hydrogen) atoms. The van der Waals surface area contributed by atoms with Crippen molar-refractivity contribution >= 4 is 17.0 Å². The minimum Gasteiger partial charge on any atom is -0.493 e. The van der Waals surface area contributed by atoms with Crippen LogP contribution in [0.4, 0.5) is 9.18 Å². The predicted octanol–water partition coefficient (Wildman–Crippen LogP) is 7.07. The van der Waals surface area contributed by atoms with E-state index in [1.54, 1.807) is 22.7 Å². The van der Waals surface area contributed by atoms with Crippen LogP contribution in [0.15, 0.2) is 66.7 Å². The van der Waals surface area contributed by atoms with E-state index >= 15 is 4.39 Å². The summed E-state index contributed by atoms with van der Waals surface area (Å²) < 4.78 is 28.6. The predicted molar refractivity (Wildman–Crippen MR) is 145 cm³/mol. The zero-order valence-corrected chi connectivity index (χ0v) is 22.1. The highest BCUT2D eigenvalue weighted by Crippen LogP contribution is 2.35. The van der Waals surface area contributed by atoms with Gasteiger partial charge in [0, 0.05) is 37.2 Å². The maximum atomic E-state index is 15.4. The smallest absolute Gasteiger partial charge is 0.410 e. The molecule has 0 radical (unpaired) electrons. The Morgan fingerprint density at radius 2 is 1.73 bits per heavy atom. The molecular formula is C30H34FN3O3. The van der Waals surface area contributed by atoms with Crippen LogP contribution in [0, 0.1) is 5.82 Å². The van der Waals surface area contributed by atoms with Crippen LogP contribution in [0.2, 0.25) is 0 Å². The van der Waals surface area contributed by atoms with Crippen molar-refractivity contribution in [3.05, 3.63) is 72.5 Å². The van der Waals surface area contributed by atoms with Crippen LogP contribution >= 0.6 is 0 Å². The van der Waals surface area contributed by atoms with Crippen molar-refractivity contribution < 1.29 is 18.7 Å². The number of amides is 1. The number of fused-ring (bicyclic) bond motifs is 1. The number of halogens is 1. The first-order valence-corrected chi connectivity index (χ1v) is 12.5. The van der Waals surface area contributed by atoms with Crippen molar-refractivity contribution in [2.45, 2.75) is 39.2 Å². The molecule has 4 aromatic rings. The second-order valence-corrected chi connectivity index (χ2v) is 10.1. The highest BCUT2D eigenvalue weighted by atomic mass is 19.1. The van der Waals surface area contributed by atoms with E-state index in [-0.39, 0.29) is 11.9 Å². The fraction of sp³-hybridized carbons (Fsp3) is 0.333. The number of para-hydroxylation sites is 2. The first-order chi connectivity index (χ1) is 17.6. The normalized spacial score (nSPS) is 11.5. The summed E-state index contributed by atoms with van der Waals surface area (Å²) in [7, 11) is 3.59. The van der Waals surface area contributed by atoms with Crippen LogP contribution in [-0.4, -0.2) is 46.6 Å². The molecule has 1 amide bonds. The maximum absolute atomic E-state index is 15.4. The Labute approximate surface area is 217 Å². The lowest BCUT2D eigenvalue weighted by atomic mass is 10.00. The van der Waals surface area contributed by atoms with Crippen molar-refractivity contribution in [3.8, 4) is 28.1 Å². The topological polar surface area (TPSA) is 56.6 Å². The third-order valence-electron chi connectivity index (χ3n) is 6.03. The second kappa shape index (κ2) is 11.0. The van der Waals surface area contributed by atoms with Crippen molar-refractivity contribution in [2.75, 3.05) is 20.2 Å². The number of aromatic nitrogens is 2. The van der Waals surface area contributed by atoms with E-state index in [2.05, 4.69) is 5.10 Å². The third-order valence-corrected chi connectivity index (χ3v) is 6.03. The summed E-state index contributed by atoms with van der Waals surface area (Å²) in [6, 6.07) is 20.7. The molecule has 0 aliphatic heterocycles. The van der Waals surface area contributed by atoms with E-state index in [9.17, 15) is 4.79 Å². The van der Waals surface area contributed by atoms with Crippen molar-refractivity contribution in [2.24, 2.45) is 7.05 Å². The van der Waals surface area contributed by atoms with Crippen LogP contribution in [0.1, 0.15) is 33.6 Å². The number of unbranched alkanes of at least 4 members (excludes halogenated alkanes) is 1. The van der Waals surface area contributed by atoms with Gasteiger partial charge in [0.25, 0.3) is 0 Å². The summed E-state index contributed by atoms with van der Waals surface area (Å²) in [5.41, 5.74) is 3.10. The quantitative estimate of drug-likeness (QED) is 0.241. The Morgan fingerprint density at radius 3 is 2.49 bits per heavy atom. The van der Waals surface area contributed by atoms with Gasteiger partial charge in [0.05, 0.1) is 12.1 Å². The molecule has 0 fully saturated rings. The van der Waals surface area contributed by atoms with Crippen LogP contribution in [-0.2, 0) is 11.8 Å². The minimum absolute atomic E-state index is 0.331. The number of hydrogen-bond acceptors (Lipinski definition) is 4. The monoisotopic (exact) mass is 503 g/mol. The van der Waals surface area contributed by atoms with E-state index in [1.807, 2.05) is 82.4 Å². The van der Waals surface area contributed by atoms with Crippen molar-refractivity contribution in [1.82, 2.24) is 14.7 Å². The summed E-state index contributed by atoms with van der Waals surface area (Å²) >= 11 is 0. The van der Waals surface area contributed by atoms with Gasteiger partial charge in [-0.3, -0.25) is 4.68 Å². The van der Waals surface area contributed by atoms with Gasteiger partial charge in [0.1, 0.15) is 22.9 Å². The molecule has 0 saturated heterocycles. The first kappa shape index (κ1) is 26.2. The lowest BCUT2D eigenvalue weighted by Gasteiger charge is -2.24. The van der Waals surface area contributed by atoms with E-state index in [1.165, 1.54) is 6.07 Å². The molecule has 0 N–H and O–H groups in total. The molecule has 0 aliphatic carbocycles. The van der Waals surface area contributed by atoms with Gasteiger partial charge in [0.2, 0.25) is 0 Å². The van der Waals surface area contributed by atoms with Crippen LogP contribution in [0.25, 0.3) is 33.3 Å². The lowest BCUT2D eigenvalue weighted by molar-refractivity contribution is 0.0294. The number of carbonyl (C=O) groups excluding carboxylic acids is 1. The number of benzene rings is 3. The standard InChI is InChI=1S/C30H34FN3O3/c1-30(2,3)37-29(35)33(4)18-10-11-19-36-27-15-9-7-12-22(27)21-16-17-23(25(31)20-21)28-24-13-6-8-14-26(24)34(5)32-28/h6-9,12-17,20H,10-11,18-19H2,1-5H3. The lowest BCUT2D eigenvalue weighted by Crippen LogP contribution is -2.34. The van der Waals surface area contributed by atoms with Gasteiger partial charge < -0.3 is 14.4 Å². The number of ether oxygens (including phenoxy) is 2. The summed E-state index contributed by atoms with van der Waals surface area (Å²) in [5.74, 6) is 0.361. The van der Waals surface area contributed by atoms with Crippen molar-refractivity contribution in [3.63, 3.8) is 0 Å². The van der Waals surface area contributed by atoms with Gasteiger partial charge in [-0.1, -0.05) is 42.5 Å². The Morgan fingerprint density at radius 1 is 1.00 bits per heavy atom. The van der Waals surface area contributed by atoms with Gasteiger partial charge in [0.15, 0.2) is 0 Å². The van der Waals surface area contributed by atoms with Crippen molar-refractivity contribution in [1.29, 1.82) is 0 Å². The first-order valence-electron chi connectivity index (χ1n) is 12.5. The molecule has 0 unspecified atom stereocenters. The molecule has 0 spiro atoms. The van der Waals surface area contributed by atoms with E-state index in [0.717, 1.165) is 34.9 Å². The zero-order chi connectivity index (χ0) is 26.6. The molecule has 0 saturated carbocycles. The summed E-state index contributed by atoms with van der Waals surface area (Å²) in [4.78, 5) is 13.7. The molecule has 0 bridgehead atoms. The van der Waals surface area contributed by atoms with E-state index in [0.29, 0.717) is 30.2 Å².